The van der Waals surface area contributed by atoms with Crippen molar-refractivity contribution >= 4 is 69.1 Å². The Balaban J connectivity index is 0.000000440. The van der Waals surface area contributed by atoms with Gasteiger partial charge in [-0.25, -0.2) is 16.8 Å². The van der Waals surface area contributed by atoms with Crippen LogP contribution in [0.2, 0.25) is 0 Å². The van der Waals surface area contributed by atoms with Crippen molar-refractivity contribution < 1.29 is 25.9 Å². The molecule has 0 atom stereocenters. The Morgan fingerprint density at radius 1 is 0.338 bits per heavy atom. The first-order chi connectivity index (χ1) is 30.9. The molecule has 2 radical (unpaired) electrons. The number of unbranched alkanes of at least 4 members (excludes halogenated alkanes) is 24. The smallest absolute Gasteiger partial charge is 0.744 e. The third-order valence-electron chi connectivity index (χ3n) is 13.1. The van der Waals surface area contributed by atoms with Crippen molar-refractivity contribution in [3.8, 4) is 0 Å². The van der Waals surface area contributed by atoms with Crippen LogP contribution < -0.4 is 0 Å². The van der Waals surface area contributed by atoms with E-state index in [0.717, 1.165) is 49.3 Å². The molecule has 0 amide bonds. The predicted octanol–water partition coefficient (Wildman–Crippen LogP) is 16.3. The monoisotopic (exact) mass is 1130 g/mol. The first-order valence-electron chi connectivity index (χ1n) is 25.9. The first kappa shape index (κ1) is 59.3. The van der Waals surface area contributed by atoms with Gasteiger partial charge in [0.25, 0.3) is 0 Å². The van der Waals surface area contributed by atoms with E-state index < -0.39 is 20.2 Å². The third kappa shape index (κ3) is 23.3. The fraction of sp³-hybridized carbons (Fsp3) is 0.643. The fourth-order valence-corrected chi connectivity index (χ4v) is 10.6. The zero-order chi connectivity index (χ0) is 46.5. The van der Waals surface area contributed by atoms with E-state index in [4.69, 9.17) is 0 Å². The van der Waals surface area contributed by atoms with Gasteiger partial charge >= 0.3 is 27.3 Å². The molecule has 0 aliphatic carbocycles. The molecule has 0 saturated heterocycles. The molecule has 0 saturated carbocycles. The largest absolute Gasteiger partial charge is 2.00 e. The maximum atomic E-state index is 11.8. The minimum Gasteiger partial charge on any atom is -0.744 e. The Bertz CT molecular complexity index is 1960. The molecular weight excluding hydrogens is 1040 g/mol. The molecule has 0 N–H and O–H groups in total. The Hall–Kier alpha value is -1.86. The van der Waals surface area contributed by atoms with Gasteiger partial charge in [-0.2, -0.15) is 0 Å². The molecule has 9 heteroatoms. The molecule has 0 unspecified atom stereocenters. The molecule has 0 bridgehead atoms. The molecule has 0 aromatic heterocycles. The van der Waals surface area contributed by atoms with E-state index >= 15 is 0 Å². The second kappa shape index (κ2) is 34.4. The molecule has 0 aliphatic rings. The zero-order valence-electron chi connectivity index (χ0n) is 41.2. The van der Waals surface area contributed by atoms with Gasteiger partial charge in [0.05, 0.1) is 9.79 Å². The molecule has 0 heterocycles. The molecular formula is C56H86O6PbS2. The fourth-order valence-electron chi connectivity index (χ4n) is 9.23. The average molecular weight is 1130 g/mol. The number of hydrogen-bond acceptors (Lipinski definition) is 6. The Morgan fingerprint density at radius 3 is 0.815 bits per heavy atom. The number of rotatable bonds is 34. The van der Waals surface area contributed by atoms with E-state index in [1.54, 1.807) is 12.1 Å². The van der Waals surface area contributed by atoms with Crippen molar-refractivity contribution in [3.05, 3.63) is 82.9 Å². The van der Waals surface area contributed by atoms with Gasteiger partial charge in [-0.1, -0.05) is 218 Å². The quantitative estimate of drug-likeness (QED) is 0.0261. The van der Waals surface area contributed by atoms with Gasteiger partial charge in [-0.3, -0.25) is 0 Å². The van der Waals surface area contributed by atoms with Crippen molar-refractivity contribution in [3.63, 3.8) is 0 Å². The molecule has 6 nitrogen and oxygen atoms in total. The van der Waals surface area contributed by atoms with Gasteiger partial charge in [0.2, 0.25) is 0 Å². The maximum absolute atomic E-state index is 11.8. The zero-order valence-corrected chi connectivity index (χ0v) is 46.7. The standard InChI is InChI=1S/2C28H44O3S.Pb/c2*1-3-5-7-9-11-13-15-18-24-22-26-20-17-21-28(32(29,30)31)27(26)23-25(24)19-16-14-12-10-8-6-4-2;/h2*17,20-23H,3-16,18-19H2,1-2H3,(H,29,30,31);/q;;+2/p-2. The van der Waals surface area contributed by atoms with Crippen LogP contribution in [0.3, 0.4) is 0 Å². The molecule has 0 spiro atoms. The van der Waals surface area contributed by atoms with Crippen LogP contribution in [0.4, 0.5) is 0 Å². The summed E-state index contributed by atoms with van der Waals surface area (Å²) in [6.45, 7) is 8.97. The molecule has 362 valence electrons. The molecule has 0 aliphatic heterocycles. The van der Waals surface area contributed by atoms with Crippen LogP contribution in [0.25, 0.3) is 21.5 Å². The Kier molecular flexibility index (Phi) is 31.4. The number of fused-ring (bicyclic) bond motifs is 2. The van der Waals surface area contributed by atoms with Gasteiger partial charge in [0.15, 0.2) is 0 Å². The van der Waals surface area contributed by atoms with Gasteiger partial charge in [-0.05, 0) is 119 Å². The van der Waals surface area contributed by atoms with E-state index in [1.165, 1.54) is 201 Å². The summed E-state index contributed by atoms with van der Waals surface area (Å²) in [4.78, 5) is -0.170. The van der Waals surface area contributed by atoms with Crippen LogP contribution in [0.15, 0.2) is 70.5 Å². The molecule has 4 aromatic carbocycles. The second-order valence-electron chi connectivity index (χ2n) is 18.6. The Morgan fingerprint density at radius 2 is 0.569 bits per heavy atom. The molecule has 4 rings (SSSR count). The minimum atomic E-state index is -4.48. The number of benzene rings is 4. The number of hydrogen-bond donors (Lipinski definition) is 0. The van der Waals surface area contributed by atoms with Crippen LogP contribution in [0.1, 0.15) is 230 Å². The van der Waals surface area contributed by atoms with Crippen molar-refractivity contribution in [1.82, 2.24) is 0 Å². The van der Waals surface area contributed by atoms with Gasteiger partial charge < -0.3 is 9.11 Å². The summed E-state index contributed by atoms with van der Waals surface area (Å²) in [5, 5.41) is 2.90. The van der Waals surface area contributed by atoms with Gasteiger partial charge in [-0.15, -0.1) is 0 Å². The van der Waals surface area contributed by atoms with E-state index in [1.807, 2.05) is 24.3 Å². The number of aryl methyl sites for hydroxylation is 4. The van der Waals surface area contributed by atoms with E-state index in [-0.39, 0.29) is 37.1 Å². The van der Waals surface area contributed by atoms with Crippen molar-refractivity contribution in [2.75, 3.05) is 0 Å². The summed E-state index contributed by atoms with van der Waals surface area (Å²) in [5.41, 5.74) is 5.12. The second-order valence-corrected chi connectivity index (χ2v) is 21.3. The van der Waals surface area contributed by atoms with Gasteiger partial charge in [0, 0.05) is 0 Å². The first-order valence-corrected chi connectivity index (χ1v) is 28.8. The summed E-state index contributed by atoms with van der Waals surface area (Å²) >= 11 is 0. The van der Waals surface area contributed by atoms with Crippen LogP contribution in [-0.2, 0) is 45.9 Å². The van der Waals surface area contributed by atoms with E-state index in [9.17, 15) is 25.9 Å². The van der Waals surface area contributed by atoms with Crippen molar-refractivity contribution in [2.45, 2.75) is 243 Å². The normalized spacial score (nSPS) is 11.8. The maximum Gasteiger partial charge on any atom is 2.00 e. The summed E-state index contributed by atoms with van der Waals surface area (Å²) in [7, 11) is -8.96. The van der Waals surface area contributed by atoms with Crippen molar-refractivity contribution in [1.29, 1.82) is 0 Å². The van der Waals surface area contributed by atoms with Crippen LogP contribution in [-0.4, -0.2) is 53.2 Å². The molecule has 4 aromatic rings. The van der Waals surface area contributed by atoms with E-state index in [0.29, 0.717) is 10.8 Å². The van der Waals surface area contributed by atoms with Crippen LogP contribution >= 0.6 is 0 Å². The van der Waals surface area contributed by atoms with Crippen LogP contribution in [0, 0.1) is 0 Å². The topological polar surface area (TPSA) is 114 Å². The predicted molar refractivity (Wildman–Crippen MR) is 276 cm³/mol. The summed E-state index contributed by atoms with van der Waals surface area (Å²) in [6, 6.07) is 18.4. The molecule has 0 fully saturated rings. The Labute approximate surface area is 418 Å². The molecule has 65 heavy (non-hydrogen) atoms. The summed E-state index contributed by atoms with van der Waals surface area (Å²) in [5.74, 6) is 0. The van der Waals surface area contributed by atoms with Crippen molar-refractivity contribution in [2.24, 2.45) is 0 Å². The minimum absolute atomic E-state index is 0. The van der Waals surface area contributed by atoms with Crippen LogP contribution in [0.5, 0.6) is 0 Å². The SMILES string of the molecule is CCCCCCCCCc1cc2cccc(S(=O)(=O)[O-])c2cc1CCCCCCCCC.CCCCCCCCCc1cc2cccc(S(=O)(=O)[O-])c2cc1CCCCCCCCC.[Pb+2]. The average Bonchev–Trinajstić information content (AvgIpc) is 3.27. The third-order valence-corrected chi connectivity index (χ3v) is 14.8. The van der Waals surface area contributed by atoms with E-state index in [2.05, 4.69) is 39.8 Å². The van der Waals surface area contributed by atoms with Gasteiger partial charge in [0.1, 0.15) is 20.2 Å². The summed E-state index contributed by atoms with van der Waals surface area (Å²) in [6.07, 6.45) is 39.5. The summed E-state index contributed by atoms with van der Waals surface area (Å²) < 4.78 is 70.8.